The summed E-state index contributed by atoms with van der Waals surface area (Å²) in [5, 5.41) is 3.41. The van der Waals surface area contributed by atoms with E-state index in [0.717, 1.165) is 16.6 Å². The van der Waals surface area contributed by atoms with Crippen molar-refractivity contribution in [1.82, 2.24) is 15.3 Å². The van der Waals surface area contributed by atoms with E-state index in [2.05, 4.69) is 15.3 Å². The molecule has 0 unspecified atom stereocenters. The first-order chi connectivity index (χ1) is 9.79. The summed E-state index contributed by atoms with van der Waals surface area (Å²) in [5.74, 6) is -0.136. The van der Waals surface area contributed by atoms with Crippen molar-refractivity contribution in [2.24, 2.45) is 0 Å². The lowest BCUT2D eigenvalue weighted by Crippen LogP contribution is -2.18. The summed E-state index contributed by atoms with van der Waals surface area (Å²) in [7, 11) is 1.62. The van der Waals surface area contributed by atoms with Crippen LogP contribution in [0.2, 0.25) is 0 Å². The number of carbonyl (C=O) groups excluding carboxylic acids is 1. The second-order valence-corrected chi connectivity index (χ2v) is 4.37. The second kappa shape index (κ2) is 5.09. The zero-order valence-electron chi connectivity index (χ0n) is 11.0. The fourth-order valence-corrected chi connectivity index (χ4v) is 2.14. The number of carbonyl (C=O) groups is 1. The van der Waals surface area contributed by atoms with Gasteiger partial charge in [-0.15, -0.1) is 0 Å². The molecule has 0 bridgehead atoms. The maximum absolute atomic E-state index is 12.0. The van der Waals surface area contributed by atoms with Crippen molar-refractivity contribution >= 4 is 16.9 Å². The number of benzene rings is 1. The van der Waals surface area contributed by atoms with Crippen LogP contribution in [0.15, 0.2) is 54.7 Å². The van der Waals surface area contributed by atoms with Gasteiger partial charge < -0.3 is 5.32 Å². The summed E-state index contributed by atoms with van der Waals surface area (Å²) in [6.45, 7) is 0. The van der Waals surface area contributed by atoms with Crippen LogP contribution in [0.4, 0.5) is 0 Å². The van der Waals surface area contributed by atoms with Crippen LogP contribution in [0.25, 0.3) is 22.3 Å². The number of fused-ring (bicyclic) bond motifs is 1. The van der Waals surface area contributed by atoms with E-state index in [1.165, 1.54) is 0 Å². The van der Waals surface area contributed by atoms with Gasteiger partial charge in [0.2, 0.25) is 0 Å². The molecule has 0 aliphatic carbocycles. The van der Waals surface area contributed by atoms with Gasteiger partial charge in [-0.05, 0) is 18.2 Å². The van der Waals surface area contributed by atoms with Crippen molar-refractivity contribution in [3.63, 3.8) is 0 Å². The van der Waals surface area contributed by atoms with Gasteiger partial charge in [0.25, 0.3) is 5.91 Å². The Hall–Kier alpha value is -2.75. The molecule has 0 saturated carbocycles. The van der Waals surface area contributed by atoms with Crippen molar-refractivity contribution in [3.05, 3.63) is 60.3 Å². The predicted octanol–water partition coefficient (Wildman–Crippen LogP) is 2.66. The highest BCUT2D eigenvalue weighted by Gasteiger charge is 2.12. The number of nitrogens with zero attached hydrogens (tertiary/aromatic N) is 2. The Morgan fingerprint density at radius 1 is 1.10 bits per heavy atom. The molecule has 0 aliphatic rings. The van der Waals surface area contributed by atoms with E-state index in [1.807, 2.05) is 36.4 Å². The largest absolute Gasteiger partial charge is 0.355 e. The Bertz CT molecular complexity index is 769. The molecule has 20 heavy (non-hydrogen) atoms. The first kappa shape index (κ1) is 12.3. The average Bonchev–Trinajstić information content (AvgIpc) is 2.54. The van der Waals surface area contributed by atoms with Gasteiger partial charge in [-0.2, -0.15) is 0 Å². The van der Waals surface area contributed by atoms with Crippen LogP contribution in [0.5, 0.6) is 0 Å². The number of amides is 1. The minimum Gasteiger partial charge on any atom is -0.355 e. The SMILES string of the molecule is CNC(=O)c1cc(-c2ccccc2)nc2ncccc12. The van der Waals surface area contributed by atoms with Gasteiger partial charge in [-0.1, -0.05) is 30.3 Å². The summed E-state index contributed by atoms with van der Waals surface area (Å²) in [6, 6.07) is 15.2. The van der Waals surface area contributed by atoms with Gasteiger partial charge in [0.15, 0.2) is 5.65 Å². The van der Waals surface area contributed by atoms with Crippen molar-refractivity contribution in [2.75, 3.05) is 7.05 Å². The maximum Gasteiger partial charge on any atom is 0.251 e. The third kappa shape index (κ3) is 2.12. The molecule has 3 rings (SSSR count). The van der Waals surface area contributed by atoms with E-state index in [0.29, 0.717) is 11.2 Å². The molecular formula is C16H13N3O. The van der Waals surface area contributed by atoms with E-state index < -0.39 is 0 Å². The first-order valence-corrected chi connectivity index (χ1v) is 6.33. The van der Waals surface area contributed by atoms with Gasteiger partial charge in [-0.25, -0.2) is 9.97 Å². The lowest BCUT2D eigenvalue weighted by atomic mass is 10.1. The molecule has 1 aromatic carbocycles. The quantitative estimate of drug-likeness (QED) is 0.773. The van der Waals surface area contributed by atoms with E-state index in [9.17, 15) is 4.79 Å². The monoisotopic (exact) mass is 263 g/mol. The van der Waals surface area contributed by atoms with Gasteiger partial charge in [0.05, 0.1) is 11.3 Å². The molecule has 2 heterocycles. The van der Waals surface area contributed by atoms with Crippen LogP contribution in [0.3, 0.4) is 0 Å². The van der Waals surface area contributed by atoms with Crippen molar-refractivity contribution in [3.8, 4) is 11.3 Å². The van der Waals surface area contributed by atoms with Crippen LogP contribution in [-0.2, 0) is 0 Å². The summed E-state index contributed by atoms with van der Waals surface area (Å²) >= 11 is 0. The second-order valence-electron chi connectivity index (χ2n) is 4.37. The van der Waals surface area contributed by atoms with Crippen LogP contribution in [-0.4, -0.2) is 22.9 Å². The van der Waals surface area contributed by atoms with Gasteiger partial charge in [0, 0.05) is 24.2 Å². The van der Waals surface area contributed by atoms with Crippen molar-refractivity contribution < 1.29 is 4.79 Å². The third-order valence-electron chi connectivity index (χ3n) is 3.13. The minimum atomic E-state index is -0.136. The molecule has 0 radical (unpaired) electrons. The normalized spacial score (nSPS) is 10.4. The molecule has 1 N–H and O–H groups in total. The number of pyridine rings is 2. The van der Waals surface area contributed by atoms with E-state index in [-0.39, 0.29) is 5.91 Å². The molecule has 0 fully saturated rings. The lowest BCUT2D eigenvalue weighted by Gasteiger charge is -2.08. The number of hydrogen-bond acceptors (Lipinski definition) is 3. The van der Waals surface area contributed by atoms with Gasteiger partial charge in [0.1, 0.15) is 0 Å². The summed E-state index contributed by atoms with van der Waals surface area (Å²) < 4.78 is 0. The smallest absolute Gasteiger partial charge is 0.251 e. The van der Waals surface area contributed by atoms with Gasteiger partial charge >= 0.3 is 0 Å². The van der Waals surface area contributed by atoms with Crippen molar-refractivity contribution in [2.45, 2.75) is 0 Å². The lowest BCUT2D eigenvalue weighted by molar-refractivity contribution is 0.0964. The average molecular weight is 263 g/mol. The zero-order valence-corrected chi connectivity index (χ0v) is 11.0. The highest BCUT2D eigenvalue weighted by Crippen LogP contribution is 2.23. The summed E-state index contributed by atoms with van der Waals surface area (Å²) in [6.07, 6.45) is 1.68. The topological polar surface area (TPSA) is 54.9 Å². The molecule has 0 atom stereocenters. The Kier molecular flexibility index (Phi) is 3.13. The third-order valence-corrected chi connectivity index (χ3v) is 3.13. The highest BCUT2D eigenvalue weighted by atomic mass is 16.1. The molecule has 4 heteroatoms. The van der Waals surface area contributed by atoms with Crippen LogP contribution in [0.1, 0.15) is 10.4 Å². The highest BCUT2D eigenvalue weighted by molar-refractivity contribution is 6.06. The number of aromatic nitrogens is 2. The molecule has 0 spiro atoms. The number of rotatable bonds is 2. The van der Waals surface area contributed by atoms with E-state index in [4.69, 9.17) is 0 Å². The fraction of sp³-hybridized carbons (Fsp3) is 0.0625. The van der Waals surface area contributed by atoms with Crippen molar-refractivity contribution in [1.29, 1.82) is 0 Å². The first-order valence-electron chi connectivity index (χ1n) is 6.33. The van der Waals surface area contributed by atoms with Gasteiger partial charge in [-0.3, -0.25) is 4.79 Å². The van der Waals surface area contributed by atoms with Crippen LogP contribution in [0, 0.1) is 0 Å². The minimum absolute atomic E-state index is 0.136. The Balaban J connectivity index is 2.28. The summed E-state index contributed by atoms with van der Waals surface area (Å²) in [4.78, 5) is 20.8. The van der Waals surface area contributed by atoms with Crippen LogP contribution < -0.4 is 5.32 Å². The predicted molar refractivity (Wildman–Crippen MR) is 78.4 cm³/mol. The van der Waals surface area contributed by atoms with Crippen LogP contribution >= 0.6 is 0 Å². The summed E-state index contributed by atoms with van der Waals surface area (Å²) in [5.41, 5.74) is 2.87. The molecule has 0 saturated heterocycles. The Morgan fingerprint density at radius 2 is 1.90 bits per heavy atom. The molecule has 2 aromatic heterocycles. The molecule has 98 valence electrons. The Labute approximate surface area is 116 Å². The molecule has 3 aromatic rings. The molecule has 4 nitrogen and oxygen atoms in total. The fourth-order valence-electron chi connectivity index (χ4n) is 2.14. The molecule has 1 amide bonds. The number of hydrogen-bond donors (Lipinski definition) is 1. The maximum atomic E-state index is 12.0. The molecule has 0 aliphatic heterocycles. The number of nitrogens with one attached hydrogen (secondary N) is 1. The van der Waals surface area contributed by atoms with E-state index in [1.54, 1.807) is 25.4 Å². The standard InChI is InChI=1S/C16H13N3O/c1-17-16(20)13-10-14(11-6-3-2-4-7-11)19-15-12(13)8-5-9-18-15/h2-10H,1H3,(H,17,20). The Morgan fingerprint density at radius 3 is 2.65 bits per heavy atom. The zero-order chi connectivity index (χ0) is 13.9. The van der Waals surface area contributed by atoms with E-state index >= 15 is 0 Å². The molecular weight excluding hydrogens is 250 g/mol.